The molecule has 1 aliphatic rings. The molecule has 6 nitrogen and oxygen atoms in total. The highest BCUT2D eigenvalue weighted by Gasteiger charge is 2.26. The molecular weight excluding hydrogens is 286 g/mol. The van der Waals surface area contributed by atoms with Crippen molar-refractivity contribution in [1.82, 2.24) is 14.9 Å². The van der Waals surface area contributed by atoms with Crippen LogP contribution in [0.5, 0.6) is 0 Å². The van der Waals surface area contributed by atoms with Crippen LogP contribution in [0.3, 0.4) is 0 Å². The summed E-state index contributed by atoms with van der Waals surface area (Å²) < 4.78 is 0. The second kappa shape index (κ2) is 6.98. The largest absolute Gasteiger partial charge is 0.383 e. The van der Waals surface area contributed by atoms with E-state index in [1.54, 1.807) is 0 Å². The fourth-order valence-electron chi connectivity index (χ4n) is 2.66. The van der Waals surface area contributed by atoms with Gasteiger partial charge in [0.05, 0.1) is 5.25 Å². The maximum absolute atomic E-state index is 12.5. The Kier molecular flexibility index (Phi) is 5.27. The number of nitrogen functional groups attached to an aromatic ring is 2. The Morgan fingerprint density at radius 1 is 1.29 bits per heavy atom. The summed E-state index contributed by atoms with van der Waals surface area (Å²) in [4.78, 5) is 22.6. The Labute approximate surface area is 129 Å². The van der Waals surface area contributed by atoms with E-state index in [4.69, 9.17) is 11.5 Å². The number of anilines is 2. The molecule has 0 aromatic carbocycles. The van der Waals surface area contributed by atoms with E-state index in [2.05, 4.69) is 9.97 Å². The fraction of sp³-hybridized carbons (Fsp3) is 0.643. The molecule has 1 saturated carbocycles. The van der Waals surface area contributed by atoms with E-state index < -0.39 is 0 Å². The number of hydrogen-bond acceptors (Lipinski definition) is 6. The van der Waals surface area contributed by atoms with E-state index in [1.165, 1.54) is 37.1 Å². The van der Waals surface area contributed by atoms with E-state index >= 15 is 0 Å². The van der Waals surface area contributed by atoms with Crippen LogP contribution >= 0.6 is 11.8 Å². The minimum atomic E-state index is -0.252. The van der Waals surface area contributed by atoms with Crippen LogP contribution in [0.15, 0.2) is 11.2 Å². The van der Waals surface area contributed by atoms with Crippen molar-refractivity contribution < 1.29 is 4.79 Å². The van der Waals surface area contributed by atoms with Gasteiger partial charge in [0, 0.05) is 19.2 Å². The van der Waals surface area contributed by atoms with Crippen molar-refractivity contribution in [3.05, 3.63) is 6.07 Å². The number of nitrogens with zero attached hydrogens (tertiary/aromatic N) is 3. The Bertz CT molecular complexity index is 484. The van der Waals surface area contributed by atoms with Gasteiger partial charge in [-0.3, -0.25) is 4.79 Å². The van der Waals surface area contributed by atoms with E-state index in [-0.39, 0.29) is 11.2 Å². The van der Waals surface area contributed by atoms with Crippen LogP contribution in [0.1, 0.15) is 39.0 Å². The summed E-state index contributed by atoms with van der Waals surface area (Å²) in [6.07, 6.45) is 5.89. The summed E-state index contributed by atoms with van der Waals surface area (Å²) in [7, 11) is 1.89. The van der Waals surface area contributed by atoms with Crippen LogP contribution in [0.4, 0.5) is 11.6 Å². The van der Waals surface area contributed by atoms with Crippen molar-refractivity contribution in [1.29, 1.82) is 0 Å². The number of nitrogens with two attached hydrogens (primary N) is 2. The second-order valence-corrected chi connectivity index (χ2v) is 6.81. The van der Waals surface area contributed by atoms with Gasteiger partial charge in [-0.1, -0.05) is 31.0 Å². The second-order valence-electron chi connectivity index (χ2n) is 5.50. The molecule has 1 fully saturated rings. The predicted octanol–water partition coefficient (Wildman–Crippen LogP) is 1.91. The van der Waals surface area contributed by atoms with Gasteiger partial charge in [0.15, 0.2) is 5.16 Å². The monoisotopic (exact) mass is 309 g/mol. The first kappa shape index (κ1) is 15.9. The van der Waals surface area contributed by atoms with Gasteiger partial charge in [0.1, 0.15) is 11.6 Å². The number of hydrogen-bond donors (Lipinski definition) is 2. The van der Waals surface area contributed by atoms with Gasteiger partial charge in [-0.05, 0) is 19.8 Å². The first-order chi connectivity index (χ1) is 9.97. The summed E-state index contributed by atoms with van der Waals surface area (Å²) in [6.45, 7) is 1.87. The van der Waals surface area contributed by atoms with Crippen LogP contribution in [-0.4, -0.2) is 39.1 Å². The maximum atomic E-state index is 12.5. The quantitative estimate of drug-likeness (QED) is 0.651. The lowest BCUT2D eigenvalue weighted by atomic mass is 9.94. The normalized spacial score (nSPS) is 17.4. The third-order valence-corrected chi connectivity index (χ3v) is 4.79. The van der Waals surface area contributed by atoms with Crippen molar-refractivity contribution in [2.45, 2.75) is 55.5 Å². The molecule has 4 N–H and O–H groups in total. The van der Waals surface area contributed by atoms with Crippen LogP contribution in [0, 0.1) is 0 Å². The average molecular weight is 309 g/mol. The minimum absolute atomic E-state index is 0.108. The fourth-order valence-corrected chi connectivity index (χ4v) is 3.56. The SMILES string of the molecule is C[C@@H](Sc1nc(N)cc(N)n1)C(=O)N(C)C1CCCCC1. The van der Waals surface area contributed by atoms with Gasteiger partial charge in [0.25, 0.3) is 0 Å². The van der Waals surface area contributed by atoms with Gasteiger partial charge in [-0.2, -0.15) is 0 Å². The molecule has 7 heteroatoms. The lowest BCUT2D eigenvalue weighted by Crippen LogP contribution is -2.42. The van der Waals surface area contributed by atoms with E-state index in [0.717, 1.165) is 12.8 Å². The van der Waals surface area contributed by atoms with Crippen LogP contribution in [0.25, 0.3) is 0 Å². The third-order valence-electron chi connectivity index (χ3n) is 3.85. The Hall–Kier alpha value is -1.50. The number of carbonyl (C=O) groups is 1. The highest BCUT2D eigenvalue weighted by molar-refractivity contribution is 8.00. The molecule has 0 radical (unpaired) electrons. The zero-order valence-electron chi connectivity index (χ0n) is 12.6. The van der Waals surface area contributed by atoms with Crippen molar-refractivity contribution in [3.63, 3.8) is 0 Å². The molecule has 116 valence electrons. The lowest BCUT2D eigenvalue weighted by Gasteiger charge is -2.32. The molecule has 1 aromatic heterocycles. The number of thioether (sulfide) groups is 1. The smallest absolute Gasteiger partial charge is 0.235 e. The van der Waals surface area contributed by atoms with Gasteiger partial charge in [-0.15, -0.1) is 0 Å². The standard InChI is InChI=1S/C14H23N5OS/c1-9(21-14-17-11(15)8-12(16)18-14)13(20)19(2)10-6-4-3-5-7-10/h8-10H,3-7H2,1-2H3,(H4,15,16,17,18)/t9-/m1/s1. The summed E-state index contributed by atoms with van der Waals surface area (Å²) in [5.41, 5.74) is 11.3. The highest BCUT2D eigenvalue weighted by Crippen LogP contribution is 2.26. The molecule has 0 saturated heterocycles. The van der Waals surface area contributed by atoms with E-state index in [0.29, 0.717) is 22.8 Å². The topological polar surface area (TPSA) is 98.1 Å². The zero-order valence-corrected chi connectivity index (χ0v) is 13.4. The molecule has 1 aliphatic carbocycles. The molecule has 1 amide bonds. The maximum Gasteiger partial charge on any atom is 0.235 e. The summed E-state index contributed by atoms with van der Waals surface area (Å²) in [6, 6.07) is 1.87. The third kappa shape index (κ3) is 4.23. The number of aromatic nitrogens is 2. The molecule has 0 bridgehead atoms. The van der Waals surface area contributed by atoms with Gasteiger partial charge in [-0.25, -0.2) is 9.97 Å². The average Bonchev–Trinajstić information content (AvgIpc) is 2.45. The molecule has 0 spiro atoms. The predicted molar refractivity (Wildman–Crippen MR) is 85.8 cm³/mol. The molecule has 1 atom stereocenters. The molecule has 2 rings (SSSR count). The molecule has 0 unspecified atom stereocenters. The Balaban J connectivity index is 1.98. The Morgan fingerprint density at radius 3 is 2.43 bits per heavy atom. The molecular formula is C14H23N5OS. The number of rotatable bonds is 4. The highest BCUT2D eigenvalue weighted by atomic mass is 32.2. The molecule has 0 aliphatic heterocycles. The van der Waals surface area contributed by atoms with Gasteiger partial charge < -0.3 is 16.4 Å². The zero-order chi connectivity index (χ0) is 15.4. The molecule has 1 heterocycles. The first-order valence-corrected chi connectivity index (χ1v) is 8.18. The lowest BCUT2D eigenvalue weighted by molar-refractivity contribution is -0.131. The Morgan fingerprint density at radius 2 is 1.86 bits per heavy atom. The van der Waals surface area contributed by atoms with Crippen molar-refractivity contribution in [2.24, 2.45) is 0 Å². The van der Waals surface area contributed by atoms with E-state index in [1.807, 2.05) is 18.9 Å². The van der Waals surface area contributed by atoms with Crippen LogP contribution < -0.4 is 11.5 Å². The van der Waals surface area contributed by atoms with Crippen molar-refractivity contribution >= 4 is 29.3 Å². The van der Waals surface area contributed by atoms with Crippen LogP contribution in [-0.2, 0) is 4.79 Å². The van der Waals surface area contributed by atoms with Crippen molar-refractivity contribution in [3.8, 4) is 0 Å². The number of carbonyl (C=O) groups excluding carboxylic acids is 1. The van der Waals surface area contributed by atoms with Crippen LogP contribution in [0.2, 0.25) is 0 Å². The summed E-state index contributed by atoms with van der Waals surface area (Å²) in [5, 5.41) is 0.198. The van der Waals surface area contributed by atoms with E-state index in [9.17, 15) is 4.79 Å². The minimum Gasteiger partial charge on any atom is -0.383 e. The first-order valence-electron chi connectivity index (χ1n) is 7.30. The molecule has 21 heavy (non-hydrogen) atoms. The van der Waals surface area contributed by atoms with Crippen molar-refractivity contribution in [2.75, 3.05) is 18.5 Å². The van der Waals surface area contributed by atoms with Gasteiger partial charge in [0.2, 0.25) is 5.91 Å². The van der Waals surface area contributed by atoms with Gasteiger partial charge >= 0.3 is 0 Å². The molecule has 1 aromatic rings. The summed E-state index contributed by atoms with van der Waals surface area (Å²) >= 11 is 1.30. The summed E-state index contributed by atoms with van der Waals surface area (Å²) in [5.74, 6) is 0.757. The number of amides is 1.